The highest BCUT2D eigenvalue weighted by atomic mass is 19.1. The van der Waals surface area contributed by atoms with Crippen molar-refractivity contribution in [1.29, 1.82) is 0 Å². The van der Waals surface area contributed by atoms with Crippen molar-refractivity contribution in [2.24, 2.45) is 0 Å². The highest BCUT2D eigenvalue weighted by molar-refractivity contribution is 5.89. The van der Waals surface area contributed by atoms with Crippen molar-refractivity contribution < 1.29 is 9.18 Å². The van der Waals surface area contributed by atoms with Crippen LogP contribution in [0.1, 0.15) is 13.3 Å². The molecule has 1 amide bonds. The average Bonchev–Trinajstić information content (AvgIpc) is 2.75. The molecule has 1 aromatic carbocycles. The van der Waals surface area contributed by atoms with Gasteiger partial charge in [-0.1, -0.05) is 0 Å². The van der Waals surface area contributed by atoms with E-state index in [0.29, 0.717) is 11.4 Å². The van der Waals surface area contributed by atoms with E-state index in [2.05, 4.69) is 16.0 Å². The molecule has 5 heteroatoms. The summed E-state index contributed by atoms with van der Waals surface area (Å²) in [5, 5.41) is 8.97. The first-order valence-electron chi connectivity index (χ1n) is 5.69. The molecule has 1 heterocycles. The summed E-state index contributed by atoms with van der Waals surface area (Å²) in [5.41, 5.74) is 1.04. The Morgan fingerprint density at radius 1 is 1.53 bits per heavy atom. The number of anilines is 2. The first kappa shape index (κ1) is 11.9. The number of benzene rings is 1. The highest BCUT2D eigenvalue weighted by Gasteiger charge is 2.15. The summed E-state index contributed by atoms with van der Waals surface area (Å²) in [6.45, 7) is 3.21. The van der Waals surface area contributed by atoms with Gasteiger partial charge in [-0.05, 0) is 31.2 Å². The van der Waals surface area contributed by atoms with E-state index in [1.165, 1.54) is 13.0 Å². The van der Waals surface area contributed by atoms with Gasteiger partial charge in [-0.15, -0.1) is 0 Å². The highest BCUT2D eigenvalue weighted by Crippen LogP contribution is 2.21. The Hall–Kier alpha value is -1.62. The maximum absolute atomic E-state index is 13.6. The van der Waals surface area contributed by atoms with E-state index >= 15 is 0 Å². The van der Waals surface area contributed by atoms with Gasteiger partial charge in [0.05, 0.1) is 5.69 Å². The molecule has 17 heavy (non-hydrogen) atoms. The minimum absolute atomic E-state index is 0.162. The Morgan fingerprint density at radius 2 is 2.35 bits per heavy atom. The number of hydrogen-bond acceptors (Lipinski definition) is 3. The fourth-order valence-electron chi connectivity index (χ4n) is 1.91. The van der Waals surface area contributed by atoms with Crippen LogP contribution in [0, 0.1) is 5.82 Å². The minimum Gasteiger partial charge on any atom is -0.379 e. The van der Waals surface area contributed by atoms with Crippen molar-refractivity contribution in [1.82, 2.24) is 5.32 Å². The number of halogens is 1. The molecular weight excluding hydrogens is 221 g/mol. The molecule has 1 saturated heterocycles. The van der Waals surface area contributed by atoms with Crippen LogP contribution in [0.5, 0.6) is 0 Å². The SMILES string of the molecule is CC(=O)Nc1ccc(F)c(NC2CCNC2)c1. The standard InChI is InChI=1S/C12H16FN3O/c1-8(17)15-9-2-3-11(13)12(6-9)16-10-4-5-14-7-10/h2-3,6,10,14,16H,4-5,7H2,1H3,(H,15,17). The van der Waals surface area contributed by atoms with E-state index in [9.17, 15) is 9.18 Å². The van der Waals surface area contributed by atoms with Crippen LogP contribution >= 0.6 is 0 Å². The smallest absolute Gasteiger partial charge is 0.221 e. The van der Waals surface area contributed by atoms with Gasteiger partial charge in [0.1, 0.15) is 5.82 Å². The summed E-state index contributed by atoms with van der Waals surface area (Å²) in [7, 11) is 0. The van der Waals surface area contributed by atoms with Crippen LogP contribution in [0.3, 0.4) is 0 Å². The van der Waals surface area contributed by atoms with Crippen LogP contribution in [0.2, 0.25) is 0 Å². The van der Waals surface area contributed by atoms with Crippen molar-refractivity contribution >= 4 is 17.3 Å². The molecule has 92 valence electrons. The normalized spacial score (nSPS) is 19.1. The summed E-state index contributed by atoms with van der Waals surface area (Å²) < 4.78 is 13.6. The Labute approximate surface area is 99.6 Å². The third-order valence-corrected chi connectivity index (χ3v) is 2.71. The molecule has 0 radical (unpaired) electrons. The van der Waals surface area contributed by atoms with Crippen molar-refractivity contribution in [2.45, 2.75) is 19.4 Å². The summed E-state index contributed by atoms with van der Waals surface area (Å²) in [6.07, 6.45) is 0.976. The van der Waals surface area contributed by atoms with Crippen LogP contribution in [-0.2, 0) is 4.79 Å². The van der Waals surface area contributed by atoms with Gasteiger partial charge < -0.3 is 16.0 Å². The zero-order valence-electron chi connectivity index (χ0n) is 9.72. The van der Waals surface area contributed by atoms with Gasteiger partial charge in [0.2, 0.25) is 5.91 Å². The van der Waals surface area contributed by atoms with E-state index in [4.69, 9.17) is 0 Å². The van der Waals surface area contributed by atoms with E-state index < -0.39 is 0 Å². The molecule has 2 rings (SSSR count). The van der Waals surface area contributed by atoms with Gasteiger partial charge in [0.15, 0.2) is 0 Å². The third-order valence-electron chi connectivity index (χ3n) is 2.71. The second-order valence-electron chi connectivity index (χ2n) is 4.21. The van der Waals surface area contributed by atoms with E-state index in [1.54, 1.807) is 12.1 Å². The van der Waals surface area contributed by atoms with Gasteiger partial charge in [0.25, 0.3) is 0 Å². The molecule has 0 aliphatic carbocycles. The van der Waals surface area contributed by atoms with Crippen molar-refractivity contribution in [2.75, 3.05) is 23.7 Å². The second kappa shape index (κ2) is 5.14. The van der Waals surface area contributed by atoms with Gasteiger partial charge in [-0.25, -0.2) is 4.39 Å². The lowest BCUT2D eigenvalue weighted by molar-refractivity contribution is -0.114. The molecule has 0 aromatic heterocycles. The Bertz CT molecular complexity index is 416. The predicted molar refractivity (Wildman–Crippen MR) is 65.6 cm³/mol. The minimum atomic E-state index is -0.300. The number of rotatable bonds is 3. The average molecular weight is 237 g/mol. The number of nitrogens with one attached hydrogen (secondary N) is 3. The van der Waals surface area contributed by atoms with Crippen LogP contribution in [0.15, 0.2) is 18.2 Å². The molecule has 1 aromatic rings. The number of amides is 1. The molecule has 4 nitrogen and oxygen atoms in total. The molecule has 0 bridgehead atoms. The Balaban J connectivity index is 2.10. The van der Waals surface area contributed by atoms with Crippen LogP contribution < -0.4 is 16.0 Å². The third kappa shape index (κ3) is 3.17. The lowest BCUT2D eigenvalue weighted by Gasteiger charge is -2.14. The quantitative estimate of drug-likeness (QED) is 0.747. The Kier molecular flexibility index (Phi) is 3.58. The maximum atomic E-state index is 13.6. The lowest BCUT2D eigenvalue weighted by Crippen LogP contribution is -2.22. The van der Waals surface area contributed by atoms with E-state index in [-0.39, 0.29) is 17.8 Å². The Morgan fingerprint density at radius 3 is 3.00 bits per heavy atom. The largest absolute Gasteiger partial charge is 0.379 e. The van der Waals surface area contributed by atoms with E-state index in [1.807, 2.05) is 0 Å². The monoisotopic (exact) mass is 237 g/mol. The molecule has 1 atom stereocenters. The zero-order valence-corrected chi connectivity index (χ0v) is 9.72. The number of carbonyl (C=O) groups excluding carboxylic acids is 1. The molecule has 1 aliphatic heterocycles. The summed E-state index contributed by atoms with van der Waals surface area (Å²) >= 11 is 0. The fourth-order valence-corrected chi connectivity index (χ4v) is 1.91. The molecule has 1 unspecified atom stereocenters. The molecule has 0 saturated carbocycles. The maximum Gasteiger partial charge on any atom is 0.221 e. The summed E-state index contributed by atoms with van der Waals surface area (Å²) in [4.78, 5) is 10.9. The number of hydrogen-bond donors (Lipinski definition) is 3. The first-order valence-corrected chi connectivity index (χ1v) is 5.69. The van der Waals surface area contributed by atoms with Crippen molar-refractivity contribution in [3.8, 4) is 0 Å². The van der Waals surface area contributed by atoms with Crippen molar-refractivity contribution in [3.05, 3.63) is 24.0 Å². The van der Waals surface area contributed by atoms with E-state index in [0.717, 1.165) is 19.5 Å². The van der Waals surface area contributed by atoms with Gasteiger partial charge in [0, 0.05) is 25.2 Å². The van der Waals surface area contributed by atoms with Gasteiger partial charge in [-0.3, -0.25) is 4.79 Å². The summed E-state index contributed by atoms with van der Waals surface area (Å²) in [6, 6.07) is 4.77. The molecule has 1 fully saturated rings. The topological polar surface area (TPSA) is 53.2 Å². The molecule has 1 aliphatic rings. The van der Waals surface area contributed by atoms with Gasteiger partial charge >= 0.3 is 0 Å². The zero-order chi connectivity index (χ0) is 12.3. The van der Waals surface area contributed by atoms with Crippen LogP contribution in [0.25, 0.3) is 0 Å². The van der Waals surface area contributed by atoms with Gasteiger partial charge in [-0.2, -0.15) is 0 Å². The molecule has 3 N–H and O–H groups in total. The van der Waals surface area contributed by atoms with Crippen LogP contribution in [0.4, 0.5) is 15.8 Å². The molecule has 0 spiro atoms. The predicted octanol–water partition coefficient (Wildman–Crippen LogP) is 1.56. The first-order chi connectivity index (χ1) is 8.15. The fraction of sp³-hybridized carbons (Fsp3) is 0.417. The van der Waals surface area contributed by atoms with Crippen LogP contribution in [-0.4, -0.2) is 25.0 Å². The lowest BCUT2D eigenvalue weighted by atomic mass is 10.2. The number of carbonyl (C=O) groups is 1. The second-order valence-corrected chi connectivity index (χ2v) is 4.21. The summed E-state index contributed by atoms with van der Waals surface area (Å²) in [5.74, 6) is -0.462. The molecular formula is C12H16FN3O. The van der Waals surface area contributed by atoms with Crippen molar-refractivity contribution in [3.63, 3.8) is 0 Å².